The Kier molecular flexibility index (Phi) is 13.5. The summed E-state index contributed by atoms with van der Waals surface area (Å²) in [6.07, 6.45) is -0.0149. The molecule has 252 valence electrons. The lowest BCUT2D eigenvalue weighted by molar-refractivity contribution is -0.141. The molecule has 0 bridgehead atoms. The summed E-state index contributed by atoms with van der Waals surface area (Å²) in [5.74, 6) is -4.65. The van der Waals surface area contributed by atoms with Gasteiger partial charge in [0.2, 0.25) is 23.5 Å². The SMILES string of the molecule is CC[C@H](C)C(NC(=O)[C@H](CC(C)C)NC(=O)OCc1ccccc1)C(=O)C(=O)NCC(=O)N[C@@H](Cc1cc2ccccc2[nH]1)C(N)=O. The number of alkyl carbamates (subject to hydrolysis) is 1. The maximum atomic E-state index is 13.3. The van der Waals surface area contributed by atoms with Crippen molar-refractivity contribution < 1.29 is 33.5 Å². The smallest absolute Gasteiger partial charge is 0.408 e. The highest BCUT2D eigenvalue weighted by Gasteiger charge is 2.34. The van der Waals surface area contributed by atoms with Crippen LogP contribution in [0, 0.1) is 11.8 Å². The van der Waals surface area contributed by atoms with Gasteiger partial charge in [0.05, 0.1) is 12.6 Å². The van der Waals surface area contributed by atoms with Gasteiger partial charge in [-0.2, -0.15) is 0 Å². The second-order valence-electron chi connectivity index (χ2n) is 11.9. The summed E-state index contributed by atoms with van der Waals surface area (Å²) >= 11 is 0. The average molecular weight is 649 g/mol. The fourth-order valence-corrected chi connectivity index (χ4v) is 4.89. The molecule has 2 aromatic carbocycles. The van der Waals surface area contributed by atoms with E-state index in [1.165, 1.54) is 0 Å². The van der Waals surface area contributed by atoms with Gasteiger partial charge in [0, 0.05) is 17.6 Å². The third-order valence-corrected chi connectivity index (χ3v) is 7.64. The zero-order valence-corrected chi connectivity index (χ0v) is 27.1. The second-order valence-corrected chi connectivity index (χ2v) is 11.9. The number of aromatic amines is 1. The molecule has 7 N–H and O–H groups in total. The van der Waals surface area contributed by atoms with E-state index >= 15 is 0 Å². The quantitative estimate of drug-likeness (QED) is 0.120. The Hall–Kier alpha value is -5.20. The molecule has 0 fully saturated rings. The third-order valence-electron chi connectivity index (χ3n) is 7.64. The molecule has 0 saturated heterocycles. The number of H-pyrrole nitrogens is 1. The van der Waals surface area contributed by atoms with Crippen molar-refractivity contribution in [2.75, 3.05) is 6.54 Å². The Morgan fingerprint density at radius 1 is 0.872 bits per heavy atom. The molecule has 0 radical (unpaired) electrons. The minimum Gasteiger partial charge on any atom is -0.445 e. The number of benzene rings is 2. The predicted octanol–water partition coefficient (Wildman–Crippen LogP) is 2.24. The number of para-hydroxylation sites is 1. The van der Waals surface area contributed by atoms with Gasteiger partial charge in [-0.3, -0.25) is 24.0 Å². The zero-order chi connectivity index (χ0) is 34.5. The minimum atomic E-state index is -1.23. The molecule has 13 nitrogen and oxygen atoms in total. The van der Waals surface area contributed by atoms with Gasteiger partial charge in [0.1, 0.15) is 18.7 Å². The van der Waals surface area contributed by atoms with Crippen molar-refractivity contribution in [2.45, 2.75) is 71.7 Å². The molecule has 0 aliphatic carbocycles. The first-order valence-corrected chi connectivity index (χ1v) is 15.6. The van der Waals surface area contributed by atoms with Gasteiger partial charge < -0.3 is 36.7 Å². The molecule has 1 unspecified atom stereocenters. The summed E-state index contributed by atoms with van der Waals surface area (Å²) in [6.45, 7) is 6.64. The number of aromatic nitrogens is 1. The number of carbonyl (C=O) groups is 6. The van der Waals surface area contributed by atoms with E-state index in [1.807, 2.05) is 62.4 Å². The molecule has 0 aliphatic heterocycles. The summed E-state index contributed by atoms with van der Waals surface area (Å²) in [4.78, 5) is 79.8. The van der Waals surface area contributed by atoms with Gasteiger partial charge in [0.15, 0.2) is 0 Å². The fourth-order valence-electron chi connectivity index (χ4n) is 4.89. The minimum absolute atomic E-state index is 0.0000227. The first-order chi connectivity index (χ1) is 22.4. The van der Waals surface area contributed by atoms with Crippen LogP contribution in [0.4, 0.5) is 4.79 Å². The largest absolute Gasteiger partial charge is 0.445 e. The number of ketones is 1. The maximum Gasteiger partial charge on any atom is 0.408 e. The van der Waals surface area contributed by atoms with E-state index < -0.39 is 66.1 Å². The van der Waals surface area contributed by atoms with Crippen LogP contribution in [0.5, 0.6) is 0 Å². The van der Waals surface area contributed by atoms with E-state index in [9.17, 15) is 28.8 Å². The van der Waals surface area contributed by atoms with E-state index in [0.29, 0.717) is 12.1 Å². The van der Waals surface area contributed by atoms with Crippen molar-refractivity contribution in [1.82, 2.24) is 26.3 Å². The number of Topliss-reactive ketones (excluding diaryl/α,β-unsaturated/α-hetero) is 1. The molecule has 4 atom stereocenters. The molecule has 5 amide bonds. The first kappa shape index (κ1) is 36.3. The van der Waals surface area contributed by atoms with Crippen molar-refractivity contribution in [3.63, 3.8) is 0 Å². The van der Waals surface area contributed by atoms with Crippen LogP contribution in [-0.4, -0.2) is 65.2 Å². The van der Waals surface area contributed by atoms with Crippen LogP contribution in [-0.2, 0) is 41.7 Å². The highest BCUT2D eigenvalue weighted by Crippen LogP contribution is 2.16. The molecule has 13 heteroatoms. The van der Waals surface area contributed by atoms with Gasteiger partial charge in [-0.1, -0.05) is 82.6 Å². The molecular formula is C34H44N6O7. The lowest BCUT2D eigenvalue weighted by Crippen LogP contribution is -2.56. The van der Waals surface area contributed by atoms with E-state index in [2.05, 4.69) is 26.3 Å². The lowest BCUT2D eigenvalue weighted by Gasteiger charge is -2.26. The van der Waals surface area contributed by atoms with Gasteiger partial charge in [0.25, 0.3) is 5.91 Å². The standard InChI is InChI=1S/C34H44N6O7/c1-5-21(4)29(40-32(44)27(15-20(2)3)39-34(46)47-19-22-11-7-6-8-12-22)30(42)33(45)36-18-28(41)38-26(31(35)43)17-24-16-23-13-9-10-14-25(23)37-24/h6-14,16,20-21,26-27,29,37H,5,15,17-19H2,1-4H3,(H2,35,43)(H,36,45)(H,38,41)(H,39,46)(H,40,44)/t21-,26-,27-,29?/m0/s1. The number of nitrogens with two attached hydrogens (primary N) is 1. The lowest BCUT2D eigenvalue weighted by atomic mass is 9.94. The summed E-state index contributed by atoms with van der Waals surface area (Å²) < 4.78 is 5.26. The average Bonchev–Trinajstić information content (AvgIpc) is 3.46. The molecule has 0 aliphatic rings. The Morgan fingerprint density at radius 3 is 2.19 bits per heavy atom. The number of ether oxygens (including phenoxy) is 1. The number of hydrogen-bond acceptors (Lipinski definition) is 7. The molecule has 1 aromatic heterocycles. The molecule has 0 spiro atoms. The van der Waals surface area contributed by atoms with Gasteiger partial charge in [-0.25, -0.2) is 4.79 Å². The van der Waals surface area contributed by atoms with Crippen LogP contribution < -0.4 is 27.0 Å². The monoisotopic (exact) mass is 648 g/mol. The van der Waals surface area contributed by atoms with Gasteiger partial charge in [-0.05, 0) is 41.3 Å². The van der Waals surface area contributed by atoms with Crippen LogP contribution >= 0.6 is 0 Å². The Bertz CT molecular complexity index is 1520. The van der Waals surface area contributed by atoms with Crippen molar-refractivity contribution in [3.05, 3.63) is 71.9 Å². The highest BCUT2D eigenvalue weighted by molar-refractivity contribution is 6.38. The van der Waals surface area contributed by atoms with E-state index in [4.69, 9.17) is 10.5 Å². The third kappa shape index (κ3) is 11.3. The molecule has 3 rings (SSSR count). The first-order valence-electron chi connectivity index (χ1n) is 15.6. The van der Waals surface area contributed by atoms with Crippen molar-refractivity contribution in [3.8, 4) is 0 Å². The molecule has 47 heavy (non-hydrogen) atoms. The highest BCUT2D eigenvalue weighted by atomic mass is 16.5. The molecule has 0 saturated carbocycles. The van der Waals surface area contributed by atoms with E-state index in [-0.39, 0.29) is 25.4 Å². The number of fused-ring (bicyclic) bond motifs is 1. The van der Waals surface area contributed by atoms with Crippen LogP contribution in [0.25, 0.3) is 10.9 Å². The van der Waals surface area contributed by atoms with Crippen LogP contribution in [0.3, 0.4) is 0 Å². The van der Waals surface area contributed by atoms with E-state index in [1.54, 1.807) is 26.0 Å². The zero-order valence-electron chi connectivity index (χ0n) is 27.1. The summed E-state index contributed by atoms with van der Waals surface area (Å²) in [7, 11) is 0. The number of primary amides is 1. The van der Waals surface area contributed by atoms with Crippen LogP contribution in [0.1, 0.15) is 51.8 Å². The van der Waals surface area contributed by atoms with Crippen molar-refractivity contribution in [1.29, 1.82) is 0 Å². The molecular weight excluding hydrogens is 604 g/mol. The number of amides is 5. The van der Waals surface area contributed by atoms with Crippen LogP contribution in [0.2, 0.25) is 0 Å². The predicted molar refractivity (Wildman–Crippen MR) is 176 cm³/mol. The normalized spacial score (nSPS) is 13.6. The summed E-state index contributed by atoms with van der Waals surface area (Å²) in [5.41, 5.74) is 7.82. The number of hydrogen-bond donors (Lipinski definition) is 6. The van der Waals surface area contributed by atoms with Crippen molar-refractivity contribution >= 4 is 46.4 Å². The molecule has 3 aromatic rings. The van der Waals surface area contributed by atoms with Crippen molar-refractivity contribution in [2.24, 2.45) is 17.6 Å². The molecule has 1 heterocycles. The maximum absolute atomic E-state index is 13.3. The Labute approximate surface area is 273 Å². The number of carbonyl (C=O) groups excluding carboxylic acids is 6. The fraction of sp³-hybridized carbons (Fsp3) is 0.412. The van der Waals surface area contributed by atoms with Gasteiger partial charge in [-0.15, -0.1) is 0 Å². The Balaban J connectivity index is 1.58. The second kappa shape index (κ2) is 17.5. The van der Waals surface area contributed by atoms with E-state index in [0.717, 1.165) is 16.5 Å². The summed E-state index contributed by atoms with van der Waals surface area (Å²) in [6, 6.07) is 15.1. The summed E-state index contributed by atoms with van der Waals surface area (Å²) in [5, 5.41) is 10.9. The number of nitrogens with one attached hydrogen (secondary N) is 5. The van der Waals surface area contributed by atoms with Gasteiger partial charge >= 0.3 is 6.09 Å². The van der Waals surface area contributed by atoms with Crippen LogP contribution in [0.15, 0.2) is 60.7 Å². The number of rotatable bonds is 17. The topological polar surface area (TPSA) is 202 Å². The Morgan fingerprint density at radius 2 is 1.55 bits per heavy atom.